The second-order valence-corrected chi connectivity index (χ2v) is 4.57. The lowest BCUT2D eigenvalue weighted by Gasteiger charge is -2.24. The summed E-state index contributed by atoms with van der Waals surface area (Å²) < 4.78 is 11.2. The van der Waals surface area contributed by atoms with E-state index in [1.165, 1.54) is 0 Å². The first-order chi connectivity index (χ1) is 7.59. The number of rotatable bonds is 2. The molecule has 0 amide bonds. The molecule has 0 aromatic heterocycles. The fraction of sp³-hybridized carbons (Fsp3) is 0.500. The SMILES string of the molecule is Cc1c(Cl)cc2c(c1CC(C)N)OCCO2. The van der Waals surface area contributed by atoms with Gasteiger partial charge in [-0.2, -0.15) is 0 Å². The highest BCUT2D eigenvalue weighted by molar-refractivity contribution is 6.31. The van der Waals surface area contributed by atoms with Gasteiger partial charge >= 0.3 is 0 Å². The summed E-state index contributed by atoms with van der Waals surface area (Å²) in [5.74, 6) is 1.54. The minimum atomic E-state index is 0.0757. The molecule has 0 fully saturated rings. The molecule has 1 unspecified atom stereocenters. The Kier molecular flexibility index (Phi) is 3.26. The molecule has 0 saturated carbocycles. The van der Waals surface area contributed by atoms with Crippen LogP contribution in [0.3, 0.4) is 0 Å². The molecule has 2 rings (SSSR count). The number of hydrogen-bond acceptors (Lipinski definition) is 3. The number of hydrogen-bond donors (Lipinski definition) is 1. The van der Waals surface area contributed by atoms with Crippen LogP contribution in [0.5, 0.6) is 11.5 Å². The van der Waals surface area contributed by atoms with Crippen molar-refractivity contribution in [3.05, 3.63) is 22.2 Å². The van der Waals surface area contributed by atoms with Gasteiger partial charge < -0.3 is 15.2 Å². The summed E-state index contributed by atoms with van der Waals surface area (Å²) in [4.78, 5) is 0. The van der Waals surface area contributed by atoms with Crippen LogP contribution in [0.1, 0.15) is 18.1 Å². The zero-order valence-corrected chi connectivity index (χ0v) is 10.3. The Balaban J connectivity index is 2.50. The van der Waals surface area contributed by atoms with E-state index in [4.69, 9.17) is 26.8 Å². The second-order valence-electron chi connectivity index (χ2n) is 4.17. The Labute approximate surface area is 100 Å². The zero-order chi connectivity index (χ0) is 11.7. The van der Waals surface area contributed by atoms with Gasteiger partial charge in [0.25, 0.3) is 0 Å². The van der Waals surface area contributed by atoms with Crippen LogP contribution >= 0.6 is 11.6 Å². The normalized spacial score (nSPS) is 16.0. The lowest BCUT2D eigenvalue weighted by Crippen LogP contribution is -2.22. The van der Waals surface area contributed by atoms with Gasteiger partial charge in [-0.1, -0.05) is 11.6 Å². The molecule has 0 spiro atoms. The van der Waals surface area contributed by atoms with Crippen molar-refractivity contribution in [1.29, 1.82) is 0 Å². The van der Waals surface area contributed by atoms with Crippen molar-refractivity contribution in [2.75, 3.05) is 13.2 Å². The van der Waals surface area contributed by atoms with Crippen LogP contribution in [0.25, 0.3) is 0 Å². The van der Waals surface area contributed by atoms with Gasteiger partial charge in [0.05, 0.1) is 0 Å². The first-order valence-electron chi connectivity index (χ1n) is 5.42. The molecule has 0 saturated heterocycles. The average Bonchev–Trinajstić information content (AvgIpc) is 2.24. The lowest BCUT2D eigenvalue weighted by atomic mass is 10.00. The fourth-order valence-corrected chi connectivity index (χ4v) is 2.09. The number of halogens is 1. The van der Waals surface area contributed by atoms with E-state index in [1.54, 1.807) is 0 Å². The van der Waals surface area contributed by atoms with Crippen molar-refractivity contribution in [2.45, 2.75) is 26.3 Å². The molecule has 0 aliphatic carbocycles. The molecular formula is C12H16ClNO2. The van der Waals surface area contributed by atoms with E-state index in [9.17, 15) is 0 Å². The number of nitrogens with two attached hydrogens (primary N) is 1. The minimum absolute atomic E-state index is 0.0757. The predicted molar refractivity (Wildman–Crippen MR) is 64.5 cm³/mol. The maximum Gasteiger partial charge on any atom is 0.164 e. The van der Waals surface area contributed by atoms with Crippen LogP contribution in [0.2, 0.25) is 5.02 Å². The zero-order valence-electron chi connectivity index (χ0n) is 9.55. The maximum atomic E-state index is 6.16. The molecule has 0 bridgehead atoms. The first-order valence-corrected chi connectivity index (χ1v) is 5.80. The van der Waals surface area contributed by atoms with Crippen LogP contribution in [0, 0.1) is 6.92 Å². The van der Waals surface area contributed by atoms with E-state index in [2.05, 4.69) is 0 Å². The van der Waals surface area contributed by atoms with Gasteiger partial charge in [0.2, 0.25) is 0 Å². The molecule has 1 atom stereocenters. The van der Waals surface area contributed by atoms with Crippen molar-refractivity contribution in [3.8, 4) is 11.5 Å². The molecular weight excluding hydrogens is 226 g/mol. The quantitative estimate of drug-likeness (QED) is 0.864. The molecule has 1 aliphatic rings. The molecule has 3 nitrogen and oxygen atoms in total. The molecule has 88 valence electrons. The van der Waals surface area contributed by atoms with Crippen molar-refractivity contribution < 1.29 is 9.47 Å². The van der Waals surface area contributed by atoms with Gasteiger partial charge in [0, 0.05) is 22.7 Å². The predicted octanol–water partition coefficient (Wildman–Crippen LogP) is 2.31. The molecule has 1 aromatic carbocycles. The Morgan fingerprint density at radius 1 is 1.44 bits per heavy atom. The monoisotopic (exact) mass is 241 g/mol. The Hall–Kier alpha value is -0.930. The van der Waals surface area contributed by atoms with Crippen LogP contribution in [-0.2, 0) is 6.42 Å². The molecule has 1 heterocycles. The van der Waals surface area contributed by atoms with Crippen molar-refractivity contribution in [2.24, 2.45) is 5.73 Å². The van der Waals surface area contributed by atoms with E-state index >= 15 is 0 Å². The van der Waals surface area contributed by atoms with E-state index in [0.717, 1.165) is 29.0 Å². The second kappa shape index (κ2) is 4.52. The molecule has 1 aliphatic heterocycles. The molecule has 4 heteroatoms. The highest BCUT2D eigenvalue weighted by Gasteiger charge is 2.20. The minimum Gasteiger partial charge on any atom is -0.486 e. The summed E-state index contributed by atoms with van der Waals surface area (Å²) in [6.45, 7) is 5.11. The number of ether oxygens (including phenoxy) is 2. The molecule has 1 aromatic rings. The maximum absolute atomic E-state index is 6.16. The molecule has 2 N–H and O–H groups in total. The van der Waals surface area contributed by atoms with Crippen LogP contribution < -0.4 is 15.2 Å². The van der Waals surface area contributed by atoms with Gasteiger partial charge in [-0.05, 0) is 25.8 Å². The molecule has 0 radical (unpaired) electrons. The summed E-state index contributed by atoms with van der Waals surface area (Å²) in [7, 11) is 0. The van der Waals surface area contributed by atoms with E-state index in [0.29, 0.717) is 18.2 Å². The summed E-state index contributed by atoms with van der Waals surface area (Å²) in [5.41, 5.74) is 7.93. The third kappa shape index (κ3) is 2.11. The first kappa shape index (κ1) is 11.6. The van der Waals surface area contributed by atoms with Gasteiger partial charge in [0.1, 0.15) is 13.2 Å². The third-order valence-corrected chi connectivity index (χ3v) is 3.07. The van der Waals surface area contributed by atoms with Crippen molar-refractivity contribution >= 4 is 11.6 Å². The Bertz CT molecular complexity index is 404. The van der Waals surface area contributed by atoms with Gasteiger partial charge in [0.15, 0.2) is 11.5 Å². The number of benzene rings is 1. The lowest BCUT2D eigenvalue weighted by molar-refractivity contribution is 0.169. The largest absolute Gasteiger partial charge is 0.486 e. The highest BCUT2D eigenvalue weighted by atomic mass is 35.5. The smallest absolute Gasteiger partial charge is 0.164 e. The standard InChI is InChI=1S/C12H16ClNO2/c1-7(14)5-9-8(2)10(13)6-11-12(9)16-4-3-15-11/h6-7H,3-5,14H2,1-2H3. The van der Waals surface area contributed by atoms with E-state index in [1.807, 2.05) is 19.9 Å². The third-order valence-electron chi connectivity index (χ3n) is 2.68. The van der Waals surface area contributed by atoms with Crippen molar-refractivity contribution in [3.63, 3.8) is 0 Å². The van der Waals surface area contributed by atoms with Crippen LogP contribution in [0.4, 0.5) is 0 Å². The van der Waals surface area contributed by atoms with E-state index < -0.39 is 0 Å². The number of fused-ring (bicyclic) bond motifs is 1. The van der Waals surface area contributed by atoms with Gasteiger partial charge in [-0.15, -0.1) is 0 Å². The Morgan fingerprint density at radius 2 is 2.12 bits per heavy atom. The van der Waals surface area contributed by atoms with Gasteiger partial charge in [-0.25, -0.2) is 0 Å². The fourth-order valence-electron chi connectivity index (χ4n) is 1.88. The van der Waals surface area contributed by atoms with Crippen molar-refractivity contribution in [1.82, 2.24) is 0 Å². The van der Waals surface area contributed by atoms with Crippen LogP contribution in [-0.4, -0.2) is 19.3 Å². The Morgan fingerprint density at radius 3 is 2.81 bits per heavy atom. The summed E-state index contributed by atoms with van der Waals surface area (Å²) >= 11 is 6.16. The van der Waals surface area contributed by atoms with E-state index in [-0.39, 0.29) is 6.04 Å². The van der Waals surface area contributed by atoms with Crippen LogP contribution in [0.15, 0.2) is 6.07 Å². The average molecular weight is 242 g/mol. The summed E-state index contributed by atoms with van der Waals surface area (Å²) in [6, 6.07) is 1.89. The topological polar surface area (TPSA) is 44.5 Å². The summed E-state index contributed by atoms with van der Waals surface area (Å²) in [5, 5.41) is 0.708. The molecule has 16 heavy (non-hydrogen) atoms. The summed E-state index contributed by atoms with van der Waals surface area (Å²) in [6.07, 6.45) is 0.748. The highest BCUT2D eigenvalue weighted by Crippen LogP contribution is 2.40. The van der Waals surface area contributed by atoms with Gasteiger partial charge in [-0.3, -0.25) is 0 Å².